The van der Waals surface area contributed by atoms with Gasteiger partial charge in [0.2, 0.25) is 0 Å². The fourth-order valence-corrected chi connectivity index (χ4v) is 2.37. The summed E-state index contributed by atoms with van der Waals surface area (Å²) >= 11 is 0. The summed E-state index contributed by atoms with van der Waals surface area (Å²) in [5.74, 6) is -0.192. The van der Waals surface area contributed by atoms with Gasteiger partial charge in [0.05, 0.1) is 12.2 Å². The van der Waals surface area contributed by atoms with Crippen molar-refractivity contribution in [3.05, 3.63) is 65.7 Å². The van der Waals surface area contributed by atoms with Crippen molar-refractivity contribution in [3.8, 4) is 0 Å². The molecule has 0 aliphatic carbocycles. The molecule has 5 heteroatoms. The molecule has 0 aliphatic rings. The Labute approximate surface area is 120 Å². The van der Waals surface area contributed by atoms with Crippen LogP contribution in [0.25, 0.3) is 11.0 Å². The first-order valence-electron chi connectivity index (χ1n) is 6.71. The average molecular weight is 288 g/mol. The van der Waals surface area contributed by atoms with Gasteiger partial charge in [-0.2, -0.15) is 0 Å². The van der Waals surface area contributed by atoms with Crippen molar-refractivity contribution in [1.29, 1.82) is 0 Å². The first-order chi connectivity index (χ1) is 10.2. The summed E-state index contributed by atoms with van der Waals surface area (Å²) in [6, 6.07) is 7.20. The molecule has 1 N–H and O–H groups in total. The van der Waals surface area contributed by atoms with Gasteiger partial charge in [0.15, 0.2) is 0 Å². The lowest BCUT2D eigenvalue weighted by atomic mass is 10.1. The summed E-state index contributed by atoms with van der Waals surface area (Å²) in [5, 5.41) is 3.83. The number of nitrogens with zero attached hydrogens (tertiary/aromatic N) is 1. The highest BCUT2D eigenvalue weighted by molar-refractivity contribution is 5.78. The van der Waals surface area contributed by atoms with E-state index in [9.17, 15) is 8.78 Å². The fraction of sp³-hybridized carbons (Fsp3) is 0.188. The Hall–Kier alpha value is -2.27. The van der Waals surface area contributed by atoms with Crippen LogP contribution in [0.1, 0.15) is 24.3 Å². The first kappa shape index (κ1) is 13.7. The number of fused-ring (bicyclic) bond motifs is 1. The highest BCUT2D eigenvalue weighted by Crippen LogP contribution is 2.29. The monoisotopic (exact) mass is 288 g/mol. The van der Waals surface area contributed by atoms with Gasteiger partial charge in [0, 0.05) is 17.1 Å². The number of hydrogen-bond donors (Lipinski definition) is 1. The summed E-state index contributed by atoms with van der Waals surface area (Å²) in [6.07, 6.45) is 2.70. The molecule has 3 nitrogen and oxygen atoms in total. The molecule has 1 atom stereocenters. The second-order valence-corrected chi connectivity index (χ2v) is 4.72. The molecule has 0 fully saturated rings. The summed E-state index contributed by atoms with van der Waals surface area (Å²) in [5.41, 5.74) is 1.02. The van der Waals surface area contributed by atoms with E-state index in [0.29, 0.717) is 28.8 Å². The molecule has 2 heterocycles. The van der Waals surface area contributed by atoms with Crippen LogP contribution in [-0.4, -0.2) is 11.5 Å². The van der Waals surface area contributed by atoms with Gasteiger partial charge < -0.3 is 9.73 Å². The smallest absolute Gasteiger partial charge is 0.146 e. The van der Waals surface area contributed by atoms with Crippen LogP contribution in [0.3, 0.4) is 0 Å². The Balaban J connectivity index is 2.09. The Bertz CT molecular complexity index is 770. The van der Waals surface area contributed by atoms with Gasteiger partial charge >= 0.3 is 0 Å². The third-order valence-electron chi connectivity index (χ3n) is 3.30. The van der Waals surface area contributed by atoms with Gasteiger partial charge in [-0.25, -0.2) is 8.78 Å². The van der Waals surface area contributed by atoms with Gasteiger partial charge in [0.25, 0.3) is 0 Å². The number of benzene rings is 1. The van der Waals surface area contributed by atoms with Crippen LogP contribution in [0, 0.1) is 11.6 Å². The van der Waals surface area contributed by atoms with Crippen molar-refractivity contribution in [1.82, 2.24) is 10.3 Å². The highest BCUT2D eigenvalue weighted by Gasteiger charge is 2.21. The molecule has 108 valence electrons. The molecule has 0 spiro atoms. The van der Waals surface area contributed by atoms with E-state index in [-0.39, 0.29) is 5.82 Å². The number of rotatable bonds is 4. The predicted molar refractivity (Wildman–Crippen MR) is 75.9 cm³/mol. The van der Waals surface area contributed by atoms with Crippen molar-refractivity contribution in [2.75, 3.05) is 6.54 Å². The van der Waals surface area contributed by atoms with Gasteiger partial charge in [-0.1, -0.05) is 6.92 Å². The number of aromatic nitrogens is 1. The van der Waals surface area contributed by atoms with Crippen LogP contribution in [0.4, 0.5) is 8.78 Å². The van der Waals surface area contributed by atoms with E-state index in [1.807, 2.05) is 6.92 Å². The fourth-order valence-electron chi connectivity index (χ4n) is 2.37. The van der Waals surface area contributed by atoms with Gasteiger partial charge in [-0.05, 0) is 36.9 Å². The molecule has 0 amide bonds. The summed E-state index contributed by atoms with van der Waals surface area (Å²) in [4.78, 5) is 3.75. The normalized spacial score (nSPS) is 12.7. The van der Waals surface area contributed by atoms with E-state index in [2.05, 4.69) is 10.3 Å². The van der Waals surface area contributed by atoms with Crippen LogP contribution in [0.2, 0.25) is 0 Å². The maximum Gasteiger partial charge on any atom is 0.146 e. The maximum atomic E-state index is 14.0. The van der Waals surface area contributed by atoms with Crippen LogP contribution in [0.15, 0.2) is 47.1 Å². The molecule has 21 heavy (non-hydrogen) atoms. The summed E-state index contributed by atoms with van der Waals surface area (Å²) in [6.45, 7) is 2.56. The van der Waals surface area contributed by atoms with E-state index >= 15 is 0 Å². The molecule has 0 saturated heterocycles. The third kappa shape index (κ3) is 2.64. The minimum atomic E-state index is -0.437. The number of hydrogen-bond acceptors (Lipinski definition) is 3. The second-order valence-electron chi connectivity index (χ2n) is 4.72. The van der Waals surface area contributed by atoms with Crippen LogP contribution in [0.5, 0.6) is 0 Å². The molecular formula is C16H14F2N2O. The Morgan fingerprint density at radius 3 is 2.86 bits per heavy atom. The van der Waals surface area contributed by atoms with Gasteiger partial charge in [-0.3, -0.25) is 4.98 Å². The average Bonchev–Trinajstić information content (AvgIpc) is 2.88. The predicted octanol–water partition coefficient (Wildman–Crippen LogP) is 3.80. The molecule has 3 aromatic rings. The van der Waals surface area contributed by atoms with Crippen LogP contribution < -0.4 is 5.32 Å². The Morgan fingerprint density at radius 2 is 2.10 bits per heavy atom. The largest absolute Gasteiger partial charge is 0.459 e. The number of furan rings is 1. The van der Waals surface area contributed by atoms with Gasteiger partial charge in [0.1, 0.15) is 23.0 Å². The van der Waals surface area contributed by atoms with Crippen molar-refractivity contribution >= 4 is 11.0 Å². The van der Waals surface area contributed by atoms with Crippen molar-refractivity contribution in [2.45, 2.75) is 13.0 Å². The molecule has 0 aliphatic heterocycles. The molecule has 1 unspecified atom stereocenters. The van der Waals surface area contributed by atoms with Crippen molar-refractivity contribution in [3.63, 3.8) is 0 Å². The zero-order valence-corrected chi connectivity index (χ0v) is 11.4. The highest BCUT2D eigenvalue weighted by atomic mass is 19.1. The van der Waals surface area contributed by atoms with Gasteiger partial charge in [-0.15, -0.1) is 0 Å². The molecule has 3 rings (SSSR count). The number of nitrogens with one attached hydrogen (secondary N) is 1. The quantitative estimate of drug-likeness (QED) is 0.793. The second kappa shape index (κ2) is 5.61. The van der Waals surface area contributed by atoms with E-state index in [4.69, 9.17) is 4.42 Å². The minimum absolute atomic E-state index is 0.329. The zero-order valence-electron chi connectivity index (χ0n) is 11.4. The third-order valence-corrected chi connectivity index (χ3v) is 3.30. The molecule has 2 aromatic heterocycles. The number of pyridine rings is 1. The van der Waals surface area contributed by atoms with Crippen molar-refractivity contribution < 1.29 is 13.2 Å². The first-order valence-corrected chi connectivity index (χ1v) is 6.71. The SMILES string of the molecule is CCNC(c1cc2cc(F)ccc2o1)c1ccncc1F. The van der Waals surface area contributed by atoms with Crippen LogP contribution >= 0.6 is 0 Å². The number of halogens is 2. The Kier molecular flexibility index (Phi) is 3.66. The Morgan fingerprint density at radius 1 is 1.24 bits per heavy atom. The topological polar surface area (TPSA) is 38.1 Å². The minimum Gasteiger partial charge on any atom is -0.459 e. The lowest BCUT2D eigenvalue weighted by Crippen LogP contribution is -2.22. The molecule has 0 radical (unpaired) electrons. The van der Waals surface area contributed by atoms with E-state index in [0.717, 1.165) is 0 Å². The van der Waals surface area contributed by atoms with E-state index in [1.54, 1.807) is 18.2 Å². The van der Waals surface area contributed by atoms with Crippen molar-refractivity contribution in [2.24, 2.45) is 0 Å². The summed E-state index contributed by atoms with van der Waals surface area (Å²) < 4.78 is 33.0. The maximum absolute atomic E-state index is 14.0. The lowest BCUT2D eigenvalue weighted by Gasteiger charge is -2.16. The molecule has 1 aromatic carbocycles. The van der Waals surface area contributed by atoms with E-state index < -0.39 is 11.9 Å². The standard InChI is InChI=1S/C16H14F2N2O/c1-2-20-16(12-5-6-19-9-13(12)18)15-8-10-7-11(17)3-4-14(10)21-15/h3-9,16,20H,2H2,1H3. The lowest BCUT2D eigenvalue weighted by molar-refractivity contribution is 0.461. The molecular weight excluding hydrogens is 274 g/mol. The summed E-state index contributed by atoms with van der Waals surface area (Å²) in [7, 11) is 0. The van der Waals surface area contributed by atoms with Crippen LogP contribution in [-0.2, 0) is 0 Å². The molecule has 0 saturated carbocycles. The van der Waals surface area contributed by atoms with E-state index in [1.165, 1.54) is 24.5 Å². The molecule has 0 bridgehead atoms. The zero-order chi connectivity index (χ0) is 14.8.